The van der Waals surface area contributed by atoms with E-state index in [-0.39, 0.29) is 18.3 Å². The standard InChI is InChI=1S/C14H15F3N2O3/c1-22-9-3-2-4-19(7-9)14(21)13(20)18-8-5-10(15)12(17)11(16)6-8/h5-6,9H,2-4,7H2,1H3,(H,18,20)/t9-/m0/s1. The topological polar surface area (TPSA) is 58.6 Å². The van der Waals surface area contributed by atoms with E-state index in [2.05, 4.69) is 5.32 Å². The molecule has 0 unspecified atom stereocenters. The first-order chi connectivity index (χ1) is 10.4. The lowest BCUT2D eigenvalue weighted by Gasteiger charge is -2.31. The number of nitrogens with zero attached hydrogens (tertiary/aromatic N) is 1. The number of anilines is 1. The first kappa shape index (κ1) is 16.3. The smallest absolute Gasteiger partial charge is 0.313 e. The fraction of sp³-hybridized carbons (Fsp3) is 0.429. The molecule has 0 radical (unpaired) electrons. The minimum atomic E-state index is -1.64. The zero-order valence-corrected chi connectivity index (χ0v) is 11.9. The first-order valence-electron chi connectivity index (χ1n) is 6.70. The zero-order valence-electron chi connectivity index (χ0n) is 11.9. The van der Waals surface area contributed by atoms with Crippen LogP contribution in [-0.4, -0.2) is 43.0 Å². The van der Waals surface area contributed by atoms with Gasteiger partial charge in [0.2, 0.25) is 0 Å². The molecule has 1 atom stereocenters. The monoisotopic (exact) mass is 316 g/mol. The molecule has 0 aliphatic carbocycles. The molecule has 1 aromatic carbocycles. The highest BCUT2D eigenvalue weighted by atomic mass is 19.2. The quantitative estimate of drug-likeness (QED) is 0.667. The van der Waals surface area contributed by atoms with Crippen LogP contribution in [0.4, 0.5) is 18.9 Å². The van der Waals surface area contributed by atoms with Crippen molar-refractivity contribution in [2.24, 2.45) is 0 Å². The van der Waals surface area contributed by atoms with E-state index in [0.717, 1.165) is 6.42 Å². The molecule has 1 aromatic rings. The molecule has 8 heteroatoms. The van der Waals surface area contributed by atoms with Crippen molar-refractivity contribution in [3.05, 3.63) is 29.6 Å². The highest BCUT2D eigenvalue weighted by molar-refractivity contribution is 6.39. The number of likely N-dealkylation sites (tertiary alicyclic amines) is 1. The number of benzene rings is 1. The van der Waals surface area contributed by atoms with Gasteiger partial charge in [0.1, 0.15) is 0 Å². The summed E-state index contributed by atoms with van der Waals surface area (Å²) in [7, 11) is 1.52. The van der Waals surface area contributed by atoms with Crippen LogP contribution in [-0.2, 0) is 14.3 Å². The highest BCUT2D eigenvalue weighted by Gasteiger charge is 2.28. The van der Waals surface area contributed by atoms with Crippen LogP contribution in [0.1, 0.15) is 12.8 Å². The van der Waals surface area contributed by atoms with Gasteiger partial charge in [-0.3, -0.25) is 9.59 Å². The molecule has 5 nitrogen and oxygen atoms in total. The number of nitrogens with one attached hydrogen (secondary N) is 1. The number of piperidine rings is 1. The molecule has 2 rings (SSSR count). The van der Waals surface area contributed by atoms with E-state index in [1.165, 1.54) is 12.0 Å². The van der Waals surface area contributed by atoms with Crippen LogP contribution in [0.25, 0.3) is 0 Å². The van der Waals surface area contributed by atoms with Gasteiger partial charge in [-0.05, 0) is 12.8 Å². The number of hydrogen-bond donors (Lipinski definition) is 1. The molecular weight excluding hydrogens is 301 g/mol. The second-order valence-corrected chi connectivity index (χ2v) is 4.96. The SMILES string of the molecule is CO[C@H]1CCCN(C(=O)C(=O)Nc2cc(F)c(F)c(F)c2)C1. The zero-order chi connectivity index (χ0) is 16.3. The van der Waals surface area contributed by atoms with Crippen molar-refractivity contribution < 1.29 is 27.5 Å². The van der Waals surface area contributed by atoms with Crippen LogP contribution >= 0.6 is 0 Å². The maximum absolute atomic E-state index is 13.1. The minimum Gasteiger partial charge on any atom is -0.380 e. The molecular formula is C14H15F3N2O3. The molecule has 120 valence electrons. The van der Waals surface area contributed by atoms with Crippen molar-refractivity contribution in [1.29, 1.82) is 0 Å². The summed E-state index contributed by atoms with van der Waals surface area (Å²) in [5.41, 5.74) is -0.324. The van der Waals surface area contributed by atoms with E-state index in [0.29, 0.717) is 25.1 Å². The number of methoxy groups -OCH3 is 1. The summed E-state index contributed by atoms with van der Waals surface area (Å²) in [5, 5.41) is 2.06. The summed E-state index contributed by atoms with van der Waals surface area (Å²) in [6, 6.07) is 1.22. The van der Waals surface area contributed by atoms with Crippen molar-refractivity contribution in [2.45, 2.75) is 18.9 Å². The lowest BCUT2D eigenvalue weighted by Crippen LogP contribution is -2.47. The predicted molar refractivity (Wildman–Crippen MR) is 71.6 cm³/mol. The minimum absolute atomic E-state index is 0.147. The molecule has 1 heterocycles. The molecule has 0 aromatic heterocycles. The molecule has 1 aliphatic heterocycles. The fourth-order valence-corrected chi connectivity index (χ4v) is 2.27. The summed E-state index contributed by atoms with van der Waals surface area (Å²) in [5.74, 6) is -6.39. The third-order valence-corrected chi connectivity index (χ3v) is 3.43. The van der Waals surface area contributed by atoms with Crippen LogP contribution in [0.5, 0.6) is 0 Å². The molecule has 1 fully saturated rings. The molecule has 1 N–H and O–H groups in total. The van der Waals surface area contributed by atoms with E-state index in [4.69, 9.17) is 4.74 Å². The summed E-state index contributed by atoms with van der Waals surface area (Å²) in [6.45, 7) is 0.674. The molecule has 0 spiro atoms. The maximum Gasteiger partial charge on any atom is 0.313 e. The average Bonchev–Trinajstić information content (AvgIpc) is 2.51. The molecule has 1 saturated heterocycles. The van der Waals surface area contributed by atoms with Gasteiger partial charge < -0.3 is 15.0 Å². The maximum atomic E-state index is 13.1. The summed E-state index contributed by atoms with van der Waals surface area (Å²) in [6.07, 6.45) is 1.33. The third kappa shape index (κ3) is 3.56. The first-order valence-corrected chi connectivity index (χ1v) is 6.70. The van der Waals surface area contributed by atoms with Crippen LogP contribution < -0.4 is 5.32 Å². The van der Waals surface area contributed by atoms with Crippen LogP contribution in [0.15, 0.2) is 12.1 Å². The Labute approximate surface area is 125 Å². The van der Waals surface area contributed by atoms with E-state index >= 15 is 0 Å². The van der Waals surface area contributed by atoms with E-state index < -0.39 is 29.3 Å². The number of halogens is 3. The fourth-order valence-electron chi connectivity index (χ4n) is 2.27. The molecule has 0 saturated carbocycles. The number of carbonyl (C=O) groups excluding carboxylic acids is 2. The number of rotatable bonds is 2. The van der Waals surface area contributed by atoms with Gasteiger partial charge in [0.25, 0.3) is 0 Å². The van der Waals surface area contributed by atoms with Crippen molar-refractivity contribution >= 4 is 17.5 Å². The molecule has 22 heavy (non-hydrogen) atoms. The number of amides is 2. The summed E-state index contributed by atoms with van der Waals surface area (Å²) >= 11 is 0. The largest absolute Gasteiger partial charge is 0.380 e. The second kappa shape index (κ2) is 6.78. The second-order valence-electron chi connectivity index (χ2n) is 4.96. The van der Waals surface area contributed by atoms with Crippen molar-refractivity contribution in [1.82, 2.24) is 4.90 Å². The third-order valence-electron chi connectivity index (χ3n) is 3.43. The Balaban J connectivity index is 2.04. The predicted octanol–water partition coefficient (Wildman–Crippen LogP) is 1.68. The van der Waals surface area contributed by atoms with Crippen LogP contribution in [0.3, 0.4) is 0 Å². The highest BCUT2D eigenvalue weighted by Crippen LogP contribution is 2.18. The molecule has 0 bridgehead atoms. The number of ether oxygens (including phenoxy) is 1. The Kier molecular flexibility index (Phi) is 5.02. The van der Waals surface area contributed by atoms with Gasteiger partial charge in [-0.15, -0.1) is 0 Å². The Bertz CT molecular complexity index is 572. The Morgan fingerprint density at radius 3 is 2.50 bits per heavy atom. The van der Waals surface area contributed by atoms with E-state index in [9.17, 15) is 22.8 Å². The number of carbonyl (C=O) groups is 2. The average molecular weight is 316 g/mol. The van der Waals surface area contributed by atoms with Gasteiger partial charge in [-0.25, -0.2) is 13.2 Å². The van der Waals surface area contributed by atoms with E-state index in [1.807, 2.05) is 0 Å². The lowest BCUT2D eigenvalue weighted by molar-refractivity contribution is -0.145. The van der Waals surface area contributed by atoms with Crippen molar-refractivity contribution in [3.8, 4) is 0 Å². The van der Waals surface area contributed by atoms with Gasteiger partial charge >= 0.3 is 11.8 Å². The van der Waals surface area contributed by atoms with Crippen molar-refractivity contribution in [3.63, 3.8) is 0 Å². The van der Waals surface area contributed by atoms with Gasteiger partial charge in [0, 0.05) is 38.0 Å². The van der Waals surface area contributed by atoms with Crippen LogP contribution in [0.2, 0.25) is 0 Å². The molecule has 2 amide bonds. The Morgan fingerprint density at radius 2 is 1.91 bits per heavy atom. The molecule has 1 aliphatic rings. The van der Waals surface area contributed by atoms with Gasteiger partial charge in [-0.2, -0.15) is 0 Å². The Morgan fingerprint density at radius 1 is 1.27 bits per heavy atom. The van der Waals surface area contributed by atoms with Gasteiger partial charge in [-0.1, -0.05) is 0 Å². The van der Waals surface area contributed by atoms with Crippen LogP contribution in [0, 0.1) is 17.5 Å². The Hall–Kier alpha value is -2.09. The summed E-state index contributed by atoms with van der Waals surface area (Å²) < 4.78 is 44.1. The number of hydrogen-bond acceptors (Lipinski definition) is 3. The normalized spacial score (nSPS) is 18.2. The van der Waals surface area contributed by atoms with Gasteiger partial charge in [0.15, 0.2) is 17.5 Å². The lowest BCUT2D eigenvalue weighted by atomic mass is 10.1. The summed E-state index contributed by atoms with van der Waals surface area (Å²) in [4.78, 5) is 25.1. The van der Waals surface area contributed by atoms with E-state index in [1.54, 1.807) is 0 Å². The van der Waals surface area contributed by atoms with Crippen molar-refractivity contribution in [2.75, 3.05) is 25.5 Å². The van der Waals surface area contributed by atoms with Gasteiger partial charge in [0.05, 0.1) is 6.10 Å².